The summed E-state index contributed by atoms with van der Waals surface area (Å²) in [5, 5.41) is 7.49. The van der Waals surface area contributed by atoms with Crippen molar-refractivity contribution in [3.05, 3.63) is 83.4 Å². The van der Waals surface area contributed by atoms with Crippen LogP contribution in [0.25, 0.3) is 17.1 Å². The Morgan fingerprint density at radius 1 is 1.05 bits per heavy atom. The van der Waals surface area contributed by atoms with Crippen LogP contribution in [0.4, 0.5) is 19.1 Å². The van der Waals surface area contributed by atoms with Crippen LogP contribution in [0.5, 0.6) is 11.5 Å². The van der Waals surface area contributed by atoms with Crippen molar-refractivity contribution in [2.45, 2.75) is 32.5 Å². The molecule has 0 unspecified atom stereocenters. The van der Waals surface area contributed by atoms with Gasteiger partial charge in [0, 0.05) is 30.1 Å². The van der Waals surface area contributed by atoms with Crippen LogP contribution in [0.2, 0.25) is 0 Å². The Hall–Kier alpha value is -4.25. The van der Waals surface area contributed by atoms with E-state index in [2.05, 4.69) is 45.0 Å². The number of anilines is 1. The number of methoxy groups -OCH3 is 1. The fourth-order valence-electron chi connectivity index (χ4n) is 4.23. The van der Waals surface area contributed by atoms with Crippen molar-refractivity contribution in [1.82, 2.24) is 14.8 Å². The molecule has 0 saturated carbocycles. The number of hydrogen-bond acceptors (Lipinski definition) is 7. The molecule has 0 fully saturated rings. The molecule has 7 nitrogen and oxygen atoms in total. The summed E-state index contributed by atoms with van der Waals surface area (Å²) in [6.45, 7) is 4.74. The van der Waals surface area contributed by atoms with Gasteiger partial charge in [-0.15, -0.1) is 18.3 Å². The second kappa shape index (κ2) is 12.9. The first-order chi connectivity index (χ1) is 19.6. The van der Waals surface area contributed by atoms with E-state index in [0.717, 1.165) is 27.3 Å². The van der Waals surface area contributed by atoms with Gasteiger partial charge in [0.15, 0.2) is 5.82 Å². The van der Waals surface area contributed by atoms with E-state index < -0.39 is 6.36 Å². The predicted octanol–water partition coefficient (Wildman–Crippen LogP) is 7.04. The molecule has 0 atom stereocenters. The molecule has 41 heavy (non-hydrogen) atoms. The third-order valence-electron chi connectivity index (χ3n) is 6.18. The van der Waals surface area contributed by atoms with E-state index in [1.54, 1.807) is 20.4 Å². The van der Waals surface area contributed by atoms with E-state index in [1.165, 1.54) is 34.5 Å². The number of ether oxygens (including phenoxy) is 2. The van der Waals surface area contributed by atoms with Crippen LogP contribution < -0.4 is 14.8 Å². The van der Waals surface area contributed by atoms with Crippen LogP contribution in [0.3, 0.4) is 0 Å². The van der Waals surface area contributed by atoms with Gasteiger partial charge in [0.2, 0.25) is 5.95 Å². The second-order valence-corrected chi connectivity index (χ2v) is 10.1. The molecular formula is C30H30F3N5O2S. The van der Waals surface area contributed by atoms with Crippen LogP contribution in [-0.2, 0) is 6.42 Å². The van der Waals surface area contributed by atoms with Crippen LogP contribution in [0.15, 0.2) is 71.7 Å². The number of halogens is 3. The van der Waals surface area contributed by atoms with E-state index in [1.807, 2.05) is 36.4 Å². The van der Waals surface area contributed by atoms with Crippen molar-refractivity contribution < 1.29 is 22.6 Å². The van der Waals surface area contributed by atoms with Gasteiger partial charge < -0.3 is 14.8 Å². The minimum absolute atomic E-state index is 0.314. The summed E-state index contributed by atoms with van der Waals surface area (Å²) in [4.78, 5) is 9.88. The van der Waals surface area contributed by atoms with Crippen LogP contribution in [-0.4, -0.2) is 52.9 Å². The summed E-state index contributed by atoms with van der Waals surface area (Å²) >= 11 is 5.62. The monoisotopic (exact) mass is 581 g/mol. The number of aromatic nitrogens is 3. The van der Waals surface area contributed by atoms with Crippen LogP contribution in [0, 0.1) is 0 Å². The Labute approximate surface area is 242 Å². The minimum Gasteiger partial charge on any atom is -0.497 e. The SMILES string of the molecule is CNc1nc(-c2ccc(C=NCC(=S)Cc3cc(OC)ccc3C(C)C)cc2)nn1-c1ccc(OC(F)(F)F)cc1. The molecule has 11 heteroatoms. The summed E-state index contributed by atoms with van der Waals surface area (Å²) in [5.74, 6) is 1.76. The smallest absolute Gasteiger partial charge is 0.497 e. The second-order valence-electron chi connectivity index (χ2n) is 9.49. The fourth-order valence-corrected chi connectivity index (χ4v) is 4.46. The highest BCUT2D eigenvalue weighted by atomic mass is 32.1. The average molecular weight is 582 g/mol. The Balaban J connectivity index is 1.41. The molecule has 0 aliphatic heterocycles. The predicted molar refractivity (Wildman–Crippen MR) is 159 cm³/mol. The van der Waals surface area contributed by atoms with Crippen molar-refractivity contribution >= 4 is 29.2 Å². The molecular weight excluding hydrogens is 551 g/mol. The van der Waals surface area contributed by atoms with Gasteiger partial charge in [-0.1, -0.05) is 56.4 Å². The first kappa shape index (κ1) is 29.7. The third-order valence-corrected chi connectivity index (χ3v) is 6.46. The molecule has 3 aromatic carbocycles. The number of benzene rings is 3. The number of nitrogens with one attached hydrogen (secondary N) is 1. The average Bonchev–Trinajstić information content (AvgIpc) is 3.37. The van der Waals surface area contributed by atoms with Crippen molar-refractivity contribution in [2.24, 2.45) is 4.99 Å². The highest BCUT2D eigenvalue weighted by molar-refractivity contribution is 7.80. The van der Waals surface area contributed by atoms with Crippen molar-refractivity contribution in [3.63, 3.8) is 0 Å². The molecule has 4 aromatic rings. The molecule has 0 aliphatic carbocycles. The third kappa shape index (κ3) is 7.91. The van der Waals surface area contributed by atoms with E-state index in [4.69, 9.17) is 17.0 Å². The number of alkyl halides is 3. The van der Waals surface area contributed by atoms with Gasteiger partial charge in [-0.3, -0.25) is 4.99 Å². The van der Waals surface area contributed by atoms with E-state index >= 15 is 0 Å². The lowest BCUT2D eigenvalue weighted by atomic mass is 9.94. The standard InChI is InChI=1S/C30H30F3N5O2S/c1-19(2)27-14-13-25(39-4)15-22(27)16-26(41)18-35-17-20-5-7-21(8-6-20)28-36-29(34-3)38(37-28)23-9-11-24(12-10-23)40-30(31,32)33/h5-15,17,19H,16,18H2,1-4H3,(H,34,36,37). The normalized spacial score (nSPS) is 11.7. The molecule has 214 valence electrons. The van der Waals surface area contributed by atoms with Gasteiger partial charge in [-0.2, -0.15) is 9.67 Å². The minimum atomic E-state index is -4.75. The first-order valence-electron chi connectivity index (χ1n) is 12.9. The summed E-state index contributed by atoms with van der Waals surface area (Å²) < 4.78 is 48.2. The number of hydrogen-bond donors (Lipinski definition) is 1. The molecule has 1 aromatic heterocycles. The van der Waals surface area contributed by atoms with Gasteiger partial charge in [0.1, 0.15) is 11.5 Å². The largest absolute Gasteiger partial charge is 0.573 e. The number of thiocarbonyl (C=S) groups is 1. The van der Waals surface area contributed by atoms with Gasteiger partial charge in [-0.25, -0.2) is 0 Å². The number of nitrogens with zero attached hydrogens (tertiary/aromatic N) is 4. The maximum Gasteiger partial charge on any atom is 0.573 e. The molecule has 0 spiro atoms. The van der Waals surface area contributed by atoms with Gasteiger partial charge in [0.25, 0.3) is 0 Å². The van der Waals surface area contributed by atoms with E-state index in [9.17, 15) is 13.2 Å². The van der Waals surface area contributed by atoms with Gasteiger partial charge in [0.05, 0.1) is 19.3 Å². The highest BCUT2D eigenvalue weighted by Crippen LogP contribution is 2.27. The molecule has 1 N–H and O–H groups in total. The lowest BCUT2D eigenvalue weighted by molar-refractivity contribution is -0.274. The summed E-state index contributed by atoms with van der Waals surface area (Å²) in [5.41, 5.74) is 4.59. The Kier molecular flexibility index (Phi) is 9.38. The zero-order chi connectivity index (χ0) is 29.6. The lowest BCUT2D eigenvalue weighted by Gasteiger charge is -2.14. The van der Waals surface area contributed by atoms with Crippen molar-refractivity contribution in [2.75, 3.05) is 26.0 Å². The Morgan fingerprint density at radius 2 is 1.73 bits per heavy atom. The van der Waals surface area contributed by atoms with Gasteiger partial charge in [-0.05, 0) is 59.0 Å². The van der Waals surface area contributed by atoms with Crippen molar-refractivity contribution in [1.29, 1.82) is 0 Å². The number of rotatable bonds is 11. The fraction of sp³-hybridized carbons (Fsp3) is 0.267. The molecule has 0 bridgehead atoms. The summed E-state index contributed by atoms with van der Waals surface area (Å²) in [6, 6.07) is 19.1. The highest BCUT2D eigenvalue weighted by Gasteiger charge is 2.31. The molecule has 0 saturated heterocycles. The molecule has 0 amide bonds. The molecule has 0 radical (unpaired) electrons. The van der Waals surface area contributed by atoms with E-state index in [0.29, 0.717) is 36.3 Å². The van der Waals surface area contributed by atoms with Crippen LogP contribution >= 0.6 is 12.2 Å². The number of aliphatic imine (C=N–C) groups is 1. The maximum atomic E-state index is 12.5. The van der Waals surface area contributed by atoms with Crippen LogP contribution in [0.1, 0.15) is 36.5 Å². The summed E-state index contributed by atoms with van der Waals surface area (Å²) in [7, 11) is 3.34. The Bertz CT molecular complexity index is 1510. The zero-order valence-electron chi connectivity index (χ0n) is 23.1. The topological polar surface area (TPSA) is 73.6 Å². The zero-order valence-corrected chi connectivity index (χ0v) is 23.9. The first-order valence-corrected chi connectivity index (χ1v) is 13.3. The Morgan fingerprint density at radius 3 is 2.34 bits per heavy atom. The van der Waals surface area contributed by atoms with E-state index in [-0.39, 0.29) is 5.75 Å². The van der Waals surface area contributed by atoms with Crippen molar-refractivity contribution in [3.8, 4) is 28.6 Å². The molecule has 0 aliphatic rings. The quantitative estimate of drug-likeness (QED) is 0.151. The summed E-state index contributed by atoms with van der Waals surface area (Å²) in [6.07, 6.45) is -2.33. The molecule has 4 rings (SSSR count). The maximum absolute atomic E-state index is 12.5. The molecule has 1 heterocycles. The van der Waals surface area contributed by atoms with Gasteiger partial charge >= 0.3 is 6.36 Å². The lowest BCUT2D eigenvalue weighted by Crippen LogP contribution is -2.17.